The average molecular weight is 294 g/mol. The quantitative estimate of drug-likeness (QED) is 0.696. The number of nitrogens with one attached hydrogen (secondary N) is 1. The summed E-state index contributed by atoms with van der Waals surface area (Å²) in [6, 6.07) is 12.0. The van der Waals surface area contributed by atoms with Gasteiger partial charge in [0.15, 0.2) is 5.76 Å². The molecule has 0 unspecified atom stereocenters. The summed E-state index contributed by atoms with van der Waals surface area (Å²) in [5.41, 5.74) is 2.76. The van der Waals surface area contributed by atoms with Crippen LogP contribution in [0.1, 0.15) is 22.8 Å². The van der Waals surface area contributed by atoms with E-state index >= 15 is 0 Å². The van der Waals surface area contributed by atoms with Gasteiger partial charge in [-0.2, -0.15) is 5.21 Å². The maximum absolute atomic E-state index is 9.88. The van der Waals surface area contributed by atoms with Gasteiger partial charge in [0, 0.05) is 11.8 Å². The molecule has 0 aliphatic carbocycles. The second-order valence-corrected chi connectivity index (χ2v) is 4.68. The molecule has 0 radical (unpaired) electrons. The summed E-state index contributed by atoms with van der Waals surface area (Å²) in [4.78, 5) is 8.36. The molecule has 2 heterocycles. The number of nitrogens with zero attached hydrogens (tertiary/aromatic N) is 5. The average Bonchev–Trinajstić information content (AvgIpc) is 3.09. The van der Waals surface area contributed by atoms with Crippen molar-refractivity contribution in [1.29, 1.82) is 0 Å². The van der Waals surface area contributed by atoms with E-state index in [1.165, 1.54) is 18.0 Å². The Morgan fingerprint density at radius 3 is 2.77 bits per heavy atom. The van der Waals surface area contributed by atoms with E-state index in [4.69, 9.17) is 0 Å². The highest BCUT2D eigenvalue weighted by Crippen LogP contribution is 2.11. The van der Waals surface area contributed by atoms with Crippen LogP contribution in [0.5, 0.6) is 0 Å². The minimum Gasteiger partial charge on any atom is -0.504 e. The highest BCUT2D eigenvalue weighted by molar-refractivity contribution is 5.71. The highest BCUT2D eigenvalue weighted by atomic mass is 16.3. The third-order valence-electron chi connectivity index (χ3n) is 3.12. The molecule has 2 N–H and O–H groups in total. The van der Waals surface area contributed by atoms with Crippen LogP contribution in [0, 0.1) is 0 Å². The van der Waals surface area contributed by atoms with Gasteiger partial charge in [-0.25, -0.2) is 9.97 Å². The molecule has 0 amide bonds. The number of tetrazole rings is 1. The zero-order valence-electron chi connectivity index (χ0n) is 11.7. The van der Waals surface area contributed by atoms with Crippen molar-refractivity contribution in [2.75, 3.05) is 0 Å². The smallest absolute Gasteiger partial charge is 0.238 e. The van der Waals surface area contributed by atoms with Crippen LogP contribution in [0.3, 0.4) is 0 Å². The molecule has 3 rings (SSSR count). The molecule has 7 heteroatoms. The molecule has 0 spiro atoms. The van der Waals surface area contributed by atoms with Gasteiger partial charge in [0.2, 0.25) is 5.82 Å². The molecule has 2 aromatic heterocycles. The van der Waals surface area contributed by atoms with Crippen LogP contribution < -0.4 is 0 Å². The van der Waals surface area contributed by atoms with Crippen molar-refractivity contribution in [3.8, 4) is 0 Å². The van der Waals surface area contributed by atoms with Gasteiger partial charge >= 0.3 is 0 Å². The molecule has 0 fully saturated rings. The Morgan fingerprint density at radius 1 is 1.14 bits per heavy atom. The molecular weight excluding hydrogens is 280 g/mol. The monoisotopic (exact) mass is 294 g/mol. The first-order chi connectivity index (χ1) is 10.8. The maximum Gasteiger partial charge on any atom is 0.238 e. The molecular formula is C15H14N6O. The second-order valence-electron chi connectivity index (χ2n) is 4.68. The Morgan fingerprint density at radius 2 is 2.00 bits per heavy atom. The van der Waals surface area contributed by atoms with E-state index in [-0.39, 0.29) is 11.6 Å². The SMILES string of the molecule is O/C(=C/c1cc(CCc2ccccc2)ncn1)c1nn[nH]n1. The Hall–Kier alpha value is -3.09. The van der Waals surface area contributed by atoms with Gasteiger partial charge < -0.3 is 5.11 Å². The van der Waals surface area contributed by atoms with Crippen LogP contribution in [0.2, 0.25) is 0 Å². The maximum atomic E-state index is 9.88. The lowest BCUT2D eigenvalue weighted by atomic mass is 10.1. The number of aromatic nitrogens is 6. The number of aryl methyl sites for hydroxylation is 2. The zero-order chi connectivity index (χ0) is 15.2. The van der Waals surface area contributed by atoms with Gasteiger partial charge in [0.1, 0.15) is 6.33 Å². The molecule has 0 saturated heterocycles. The minimum absolute atomic E-state index is 0.0959. The van der Waals surface area contributed by atoms with Crippen molar-refractivity contribution in [2.45, 2.75) is 12.8 Å². The van der Waals surface area contributed by atoms with Gasteiger partial charge in [-0.05, 0) is 29.7 Å². The van der Waals surface area contributed by atoms with E-state index < -0.39 is 0 Å². The second kappa shape index (κ2) is 6.57. The van der Waals surface area contributed by atoms with Crippen molar-refractivity contribution < 1.29 is 5.11 Å². The first kappa shape index (κ1) is 13.9. The normalized spacial score (nSPS) is 11.5. The number of rotatable bonds is 5. The Kier molecular flexibility index (Phi) is 4.15. The molecule has 22 heavy (non-hydrogen) atoms. The van der Waals surface area contributed by atoms with Gasteiger partial charge in [-0.1, -0.05) is 30.3 Å². The van der Waals surface area contributed by atoms with Crippen molar-refractivity contribution in [1.82, 2.24) is 30.6 Å². The largest absolute Gasteiger partial charge is 0.504 e. The van der Waals surface area contributed by atoms with E-state index in [2.05, 4.69) is 42.7 Å². The van der Waals surface area contributed by atoms with Gasteiger partial charge in [0.05, 0.1) is 5.69 Å². The van der Waals surface area contributed by atoms with Crippen LogP contribution in [0.15, 0.2) is 42.7 Å². The Bertz CT molecular complexity index is 755. The minimum atomic E-state index is -0.0959. The predicted octanol–water partition coefficient (Wildman–Crippen LogP) is 1.83. The van der Waals surface area contributed by atoms with Crippen LogP contribution in [-0.4, -0.2) is 35.7 Å². The van der Waals surface area contributed by atoms with Crippen LogP contribution in [0.25, 0.3) is 11.8 Å². The lowest BCUT2D eigenvalue weighted by Crippen LogP contribution is -1.97. The van der Waals surface area contributed by atoms with E-state index in [0.717, 1.165) is 18.5 Å². The third kappa shape index (κ3) is 3.51. The lowest BCUT2D eigenvalue weighted by Gasteiger charge is -2.02. The molecule has 0 aliphatic heterocycles. The van der Waals surface area contributed by atoms with Crippen LogP contribution in [0.4, 0.5) is 0 Å². The highest BCUT2D eigenvalue weighted by Gasteiger charge is 2.05. The summed E-state index contributed by atoms with van der Waals surface area (Å²) in [5, 5.41) is 23.0. The predicted molar refractivity (Wildman–Crippen MR) is 80.6 cm³/mol. The topological polar surface area (TPSA) is 100 Å². The van der Waals surface area contributed by atoms with Crippen molar-refractivity contribution in [3.63, 3.8) is 0 Å². The summed E-state index contributed by atoms with van der Waals surface area (Å²) in [7, 11) is 0. The number of hydrogen-bond donors (Lipinski definition) is 2. The fourth-order valence-electron chi connectivity index (χ4n) is 2.02. The molecule has 0 saturated carbocycles. The molecule has 7 nitrogen and oxygen atoms in total. The molecule has 3 aromatic rings. The van der Waals surface area contributed by atoms with E-state index in [9.17, 15) is 5.11 Å². The number of H-pyrrole nitrogens is 1. The summed E-state index contributed by atoms with van der Waals surface area (Å²) in [6.07, 6.45) is 4.67. The first-order valence-corrected chi connectivity index (χ1v) is 6.80. The summed E-state index contributed by atoms with van der Waals surface area (Å²) >= 11 is 0. The number of aliphatic hydroxyl groups excluding tert-OH is 1. The Labute approximate surface area is 126 Å². The summed E-state index contributed by atoms with van der Waals surface area (Å²) < 4.78 is 0. The van der Waals surface area contributed by atoms with Crippen molar-refractivity contribution in [2.24, 2.45) is 0 Å². The number of hydrogen-bond acceptors (Lipinski definition) is 6. The standard InChI is InChI=1S/C15H14N6O/c22-14(15-18-20-21-19-15)9-13-8-12(16-10-17-13)7-6-11-4-2-1-3-5-11/h1-5,8-10,22H,6-7H2,(H,18,19,20,21)/b14-9+. The third-order valence-corrected chi connectivity index (χ3v) is 3.12. The van der Waals surface area contributed by atoms with Gasteiger partial charge in [-0.15, -0.1) is 10.2 Å². The first-order valence-electron chi connectivity index (χ1n) is 6.80. The van der Waals surface area contributed by atoms with Gasteiger partial charge in [0.25, 0.3) is 0 Å². The summed E-state index contributed by atoms with van der Waals surface area (Å²) in [5.74, 6) is 0.0332. The van der Waals surface area contributed by atoms with E-state index in [0.29, 0.717) is 5.69 Å². The van der Waals surface area contributed by atoms with E-state index in [1.807, 2.05) is 24.3 Å². The molecule has 110 valence electrons. The van der Waals surface area contributed by atoms with Crippen LogP contribution >= 0.6 is 0 Å². The zero-order valence-corrected chi connectivity index (χ0v) is 11.7. The molecule has 0 bridgehead atoms. The van der Waals surface area contributed by atoms with Crippen LogP contribution in [-0.2, 0) is 12.8 Å². The molecule has 0 atom stereocenters. The molecule has 0 aliphatic rings. The summed E-state index contributed by atoms with van der Waals surface area (Å²) in [6.45, 7) is 0. The number of benzene rings is 1. The van der Waals surface area contributed by atoms with Crippen molar-refractivity contribution >= 4 is 11.8 Å². The molecule has 1 aromatic carbocycles. The fraction of sp³-hybridized carbons (Fsp3) is 0.133. The number of aromatic amines is 1. The lowest BCUT2D eigenvalue weighted by molar-refractivity contribution is 0.508. The van der Waals surface area contributed by atoms with Crippen molar-refractivity contribution in [3.05, 3.63) is 65.5 Å². The fourth-order valence-corrected chi connectivity index (χ4v) is 2.02. The Balaban J connectivity index is 1.71. The number of aliphatic hydroxyl groups is 1. The van der Waals surface area contributed by atoms with E-state index in [1.54, 1.807) is 0 Å². The van der Waals surface area contributed by atoms with Gasteiger partial charge in [-0.3, -0.25) is 0 Å².